The molecule has 0 saturated carbocycles. The van der Waals surface area contributed by atoms with Crippen molar-refractivity contribution in [2.45, 2.75) is 43.9 Å². The van der Waals surface area contributed by atoms with Crippen LogP contribution >= 0.6 is 34.8 Å². The van der Waals surface area contributed by atoms with Gasteiger partial charge in [0.05, 0.1) is 16.1 Å². The summed E-state index contributed by atoms with van der Waals surface area (Å²) in [6, 6.07) is 2.25. The van der Waals surface area contributed by atoms with Crippen molar-refractivity contribution in [2.24, 2.45) is 0 Å². The molecule has 18 heavy (non-hydrogen) atoms. The van der Waals surface area contributed by atoms with Gasteiger partial charge in [-0.25, -0.2) is 4.98 Å². The second-order valence-corrected chi connectivity index (χ2v) is 6.16. The summed E-state index contributed by atoms with van der Waals surface area (Å²) in [6.07, 6.45) is 3.48. The number of halogens is 3. The van der Waals surface area contributed by atoms with Crippen LogP contribution in [-0.4, -0.2) is 28.3 Å². The summed E-state index contributed by atoms with van der Waals surface area (Å²) >= 11 is 18.1. The Labute approximate surface area is 121 Å². The summed E-state index contributed by atoms with van der Waals surface area (Å²) in [5, 5.41) is 11.0. The van der Waals surface area contributed by atoms with Gasteiger partial charge in [-0.2, -0.15) is 0 Å². The highest BCUT2D eigenvalue weighted by Crippen LogP contribution is 2.42. The third-order valence-corrected chi connectivity index (χ3v) is 4.77. The van der Waals surface area contributed by atoms with Gasteiger partial charge in [-0.05, 0) is 31.7 Å². The Morgan fingerprint density at radius 2 is 1.72 bits per heavy atom. The molecule has 6 heteroatoms. The zero-order chi connectivity index (χ0) is 12.9. The van der Waals surface area contributed by atoms with Crippen molar-refractivity contribution in [3.05, 3.63) is 21.3 Å². The third-order valence-electron chi connectivity index (χ3n) is 3.82. The van der Waals surface area contributed by atoms with Crippen molar-refractivity contribution in [2.75, 3.05) is 4.90 Å². The minimum atomic E-state index is -0.208. The fourth-order valence-corrected chi connectivity index (χ4v) is 3.70. The number of piperidine rings is 1. The second kappa shape index (κ2) is 4.71. The summed E-state index contributed by atoms with van der Waals surface area (Å²) in [5.74, 6) is 0.700. The van der Waals surface area contributed by atoms with E-state index >= 15 is 0 Å². The Hall–Kier alpha value is -0.220. The normalized spacial score (nSPS) is 30.9. The van der Waals surface area contributed by atoms with Gasteiger partial charge < -0.3 is 10.0 Å². The summed E-state index contributed by atoms with van der Waals surface area (Å²) in [6.45, 7) is 0. The van der Waals surface area contributed by atoms with Gasteiger partial charge in [0, 0.05) is 12.1 Å². The Morgan fingerprint density at radius 1 is 1.11 bits per heavy atom. The lowest BCUT2D eigenvalue weighted by molar-refractivity contribution is 0.126. The van der Waals surface area contributed by atoms with E-state index in [1.165, 1.54) is 0 Å². The molecule has 0 aliphatic carbocycles. The molecule has 3 rings (SSSR count). The van der Waals surface area contributed by atoms with Gasteiger partial charge in [-0.3, -0.25) is 0 Å². The molecular formula is C12H13Cl3N2O. The highest BCUT2D eigenvalue weighted by molar-refractivity contribution is 6.42. The molecule has 2 bridgehead atoms. The predicted molar refractivity (Wildman–Crippen MR) is 73.8 cm³/mol. The molecule has 2 aliphatic heterocycles. The van der Waals surface area contributed by atoms with Crippen LogP contribution < -0.4 is 4.90 Å². The molecule has 2 fully saturated rings. The van der Waals surface area contributed by atoms with E-state index in [0.717, 1.165) is 25.7 Å². The van der Waals surface area contributed by atoms with Crippen molar-refractivity contribution in [3.63, 3.8) is 0 Å². The Morgan fingerprint density at radius 3 is 2.33 bits per heavy atom. The van der Waals surface area contributed by atoms with E-state index in [0.29, 0.717) is 27.9 Å². The molecule has 3 heterocycles. The van der Waals surface area contributed by atoms with Crippen LogP contribution in [0.5, 0.6) is 0 Å². The molecule has 0 amide bonds. The minimum absolute atomic E-state index is 0.208. The molecule has 2 atom stereocenters. The first-order chi connectivity index (χ1) is 8.56. The molecular weight excluding hydrogens is 295 g/mol. The van der Waals surface area contributed by atoms with E-state index in [-0.39, 0.29) is 11.3 Å². The zero-order valence-electron chi connectivity index (χ0n) is 9.61. The number of hydrogen-bond donors (Lipinski definition) is 1. The number of nitrogens with zero attached hydrogens (tertiary/aromatic N) is 2. The van der Waals surface area contributed by atoms with Crippen molar-refractivity contribution >= 4 is 40.6 Å². The second-order valence-electron chi connectivity index (χ2n) is 4.98. The molecule has 0 aromatic carbocycles. The highest BCUT2D eigenvalue weighted by Gasteiger charge is 2.41. The minimum Gasteiger partial charge on any atom is -0.393 e. The van der Waals surface area contributed by atoms with Crippen molar-refractivity contribution in [1.29, 1.82) is 0 Å². The van der Waals surface area contributed by atoms with Crippen LogP contribution in [0.2, 0.25) is 15.2 Å². The summed E-state index contributed by atoms with van der Waals surface area (Å²) < 4.78 is 0. The number of aliphatic hydroxyl groups excluding tert-OH is 1. The number of rotatable bonds is 1. The van der Waals surface area contributed by atoms with Crippen molar-refractivity contribution in [1.82, 2.24) is 4.98 Å². The topological polar surface area (TPSA) is 36.4 Å². The van der Waals surface area contributed by atoms with Crippen molar-refractivity contribution in [3.8, 4) is 0 Å². The summed E-state index contributed by atoms with van der Waals surface area (Å²) in [7, 11) is 0. The maximum Gasteiger partial charge on any atom is 0.150 e. The zero-order valence-corrected chi connectivity index (χ0v) is 11.9. The first kappa shape index (κ1) is 12.8. The Balaban J connectivity index is 1.98. The average molecular weight is 308 g/mol. The van der Waals surface area contributed by atoms with Crippen LogP contribution in [0.1, 0.15) is 25.7 Å². The number of aliphatic hydroxyl groups is 1. The first-order valence-electron chi connectivity index (χ1n) is 6.04. The van der Waals surface area contributed by atoms with E-state index < -0.39 is 0 Å². The van der Waals surface area contributed by atoms with Crippen LogP contribution in [0.4, 0.5) is 5.82 Å². The third kappa shape index (κ3) is 2.07. The number of anilines is 1. The van der Waals surface area contributed by atoms with E-state index in [9.17, 15) is 5.11 Å². The van der Waals surface area contributed by atoms with Crippen LogP contribution in [-0.2, 0) is 0 Å². The molecule has 2 unspecified atom stereocenters. The molecule has 2 aliphatic rings. The quantitative estimate of drug-likeness (QED) is 0.806. The van der Waals surface area contributed by atoms with Crippen molar-refractivity contribution < 1.29 is 5.11 Å². The van der Waals surface area contributed by atoms with Crippen LogP contribution in [0.3, 0.4) is 0 Å². The monoisotopic (exact) mass is 306 g/mol. The van der Waals surface area contributed by atoms with Gasteiger partial charge in [0.15, 0.2) is 0 Å². The fourth-order valence-electron chi connectivity index (χ4n) is 3.11. The average Bonchev–Trinajstić information content (AvgIpc) is 2.56. The first-order valence-corrected chi connectivity index (χ1v) is 7.17. The lowest BCUT2D eigenvalue weighted by Crippen LogP contribution is -2.45. The van der Waals surface area contributed by atoms with E-state index in [1.807, 2.05) is 0 Å². The largest absolute Gasteiger partial charge is 0.393 e. The highest BCUT2D eigenvalue weighted by atomic mass is 35.5. The lowest BCUT2D eigenvalue weighted by Gasteiger charge is -2.38. The standard InChI is InChI=1S/C12H13Cl3N2O/c13-9-5-10(14)12(16-11(9)15)17-6-1-2-7(17)4-8(18)3-6/h5-8,18H,1-4H2. The number of pyridine rings is 1. The van der Waals surface area contributed by atoms with Gasteiger partial charge in [0.2, 0.25) is 0 Å². The van der Waals surface area contributed by atoms with Gasteiger partial charge in [0.1, 0.15) is 11.0 Å². The van der Waals surface area contributed by atoms with Gasteiger partial charge in [0.25, 0.3) is 0 Å². The number of aromatic nitrogens is 1. The molecule has 1 N–H and O–H groups in total. The summed E-state index contributed by atoms with van der Waals surface area (Å²) in [4.78, 5) is 6.51. The smallest absolute Gasteiger partial charge is 0.150 e. The van der Waals surface area contributed by atoms with Gasteiger partial charge in [-0.15, -0.1) is 0 Å². The van der Waals surface area contributed by atoms with Crippen LogP contribution in [0, 0.1) is 0 Å². The molecule has 3 nitrogen and oxygen atoms in total. The SMILES string of the molecule is OC1CC2CCC(C1)N2c1nc(Cl)c(Cl)cc1Cl. The van der Waals surface area contributed by atoms with E-state index in [4.69, 9.17) is 34.8 Å². The number of hydrogen-bond acceptors (Lipinski definition) is 3. The molecule has 0 spiro atoms. The maximum absolute atomic E-state index is 9.80. The molecule has 0 radical (unpaired) electrons. The van der Waals surface area contributed by atoms with Crippen LogP contribution in [0.15, 0.2) is 6.07 Å². The molecule has 1 aromatic rings. The lowest BCUT2D eigenvalue weighted by atomic mass is 10.00. The Kier molecular flexibility index (Phi) is 3.35. The Bertz CT molecular complexity index is 469. The maximum atomic E-state index is 9.80. The molecule has 98 valence electrons. The predicted octanol–water partition coefficient (Wildman–Crippen LogP) is 3.53. The van der Waals surface area contributed by atoms with Gasteiger partial charge in [-0.1, -0.05) is 34.8 Å². The fraction of sp³-hybridized carbons (Fsp3) is 0.583. The van der Waals surface area contributed by atoms with E-state index in [2.05, 4.69) is 9.88 Å². The van der Waals surface area contributed by atoms with Crippen LogP contribution in [0.25, 0.3) is 0 Å². The number of fused-ring (bicyclic) bond motifs is 2. The molecule has 2 saturated heterocycles. The van der Waals surface area contributed by atoms with Gasteiger partial charge >= 0.3 is 0 Å². The summed E-state index contributed by atoms with van der Waals surface area (Å²) in [5.41, 5.74) is 0. The van der Waals surface area contributed by atoms with E-state index in [1.54, 1.807) is 6.07 Å². The molecule has 1 aromatic heterocycles.